The number of ether oxygens (including phenoxy) is 1. The van der Waals surface area contributed by atoms with Gasteiger partial charge in [-0.15, -0.1) is 4.57 Å². The van der Waals surface area contributed by atoms with Crippen LogP contribution in [0.25, 0.3) is 11.1 Å². The van der Waals surface area contributed by atoms with E-state index in [-0.39, 0.29) is 12.6 Å². The number of para-hydroxylation sites is 2. The highest BCUT2D eigenvalue weighted by Gasteiger charge is 2.18. The molecule has 70 valence electrons. The molecular formula is C10H8NO3+. The first-order valence-corrected chi connectivity index (χ1v) is 4.05. The van der Waals surface area contributed by atoms with Crippen LogP contribution >= 0.6 is 0 Å². The molecule has 0 atom stereocenters. The van der Waals surface area contributed by atoms with Crippen LogP contribution in [0.5, 0.6) is 0 Å². The number of fused-ring (bicyclic) bond motifs is 1. The summed E-state index contributed by atoms with van der Waals surface area (Å²) in [7, 11) is 0. The number of carbonyl (C=O) groups is 1. The van der Waals surface area contributed by atoms with Gasteiger partial charge in [0.25, 0.3) is 18.7 Å². The second-order valence-corrected chi connectivity index (χ2v) is 2.73. The Labute approximate surface area is 80.7 Å². The molecule has 0 bridgehead atoms. The fourth-order valence-electron chi connectivity index (χ4n) is 1.29. The highest BCUT2D eigenvalue weighted by molar-refractivity contribution is 5.68. The van der Waals surface area contributed by atoms with Crippen molar-refractivity contribution in [2.24, 2.45) is 0 Å². The van der Waals surface area contributed by atoms with Gasteiger partial charge in [-0.05, 0) is 6.07 Å². The maximum atomic E-state index is 10.0. The monoisotopic (exact) mass is 190 g/mol. The van der Waals surface area contributed by atoms with Crippen LogP contribution in [0.4, 0.5) is 0 Å². The van der Waals surface area contributed by atoms with Crippen molar-refractivity contribution in [3.63, 3.8) is 0 Å². The number of rotatable bonds is 3. The molecule has 1 aromatic heterocycles. The molecule has 0 saturated heterocycles. The minimum Gasteiger partial charge on any atom is -0.407 e. The zero-order valence-electron chi connectivity index (χ0n) is 7.34. The summed E-state index contributed by atoms with van der Waals surface area (Å²) in [4.78, 5) is 10.0. The topological polar surface area (TPSA) is 43.3 Å². The van der Waals surface area contributed by atoms with E-state index in [1.807, 2.05) is 18.2 Å². The lowest BCUT2D eigenvalue weighted by atomic mass is 10.3. The normalized spacial score (nSPS) is 10.4. The molecule has 2 aromatic rings. The van der Waals surface area contributed by atoms with Crippen molar-refractivity contribution in [2.45, 2.75) is 6.73 Å². The number of nitrogens with zero attached hydrogens (tertiary/aromatic N) is 1. The largest absolute Gasteiger partial charge is 0.407 e. The lowest BCUT2D eigenvalue weighted by molar-refractivity contribution is -0.710. The molecule has 14 heavy (non-hydrogen) atoms. The van der Waals surface area contributed by atoms with Crippen molar-refractivity contribution < 1.29 is 18.5 Å². The van der Waals surface area contributed by atoms with Crippen LogP contribution in [0, 0.1) is 6.92 Å². The molecule has 0 aliphatic carbocycles. The van der Waals surface area contributed by atoms with Crippen molar-refractivity contribution in [3.05, 3.63) is 37.1 Å². The van der Waals surface area contributed by atoms with Gasteiger partial charge in [-0.25, -0.2) is 0 Å². The Morgan fingerprint density at radius 1 is 1.50 bits per heavy atom. The van der Waals surface area contributed by atoms with Gasteiger partial charge >= 0.3 is 5.89 Å². The Bertz CT molecular complexity index is 461. The van der Waals surface area contributed by atoms with Crippen molar-refractivity contribution in [1.29, 1.82) is 0 Å². The van der Waals surface area contributed by atoms with Gasteiger partial charge < -0.3 is 9.15 Å². The SMILES string of the molecule is [CH]c1oc2ccccc2[n+]1COC=O. The number of carbonyl (C=O) groups excluding carboxylic acids is 1. The first-order chi connectivity index (χ1) is 6.83. The summed E-state index contributed by atoms with van der Waals surface area (Å²) in [6.07, 6.45) is 0. The molecular weight excluding hydrogens is 182 g/mol. The Hall–Kier alpha value is -1.84. The molecule has 4 nitrogen and oxygen atoms in total. The minimum atomic E-state index is 0.0619. The van der Waals surface area contributed by atoms with Gasteiger partial charge in [0.2, 0.25) is 5.58 Å². The maximum Gasteiger partial charge on any atom is 0.356 e. The average Bonchev–Trinajstić information content (AvgIpc) is 2.51. The highest BCUT2D eigenvalue weighted by atomic mass is 16.5. The summed E-state index contributed by atoms with van der Waals surface area (Å²) in [5.74, 6) is 0.216. The van der Waals surface area contributed by atoms with E-state index in [0.717, 1.165) is 5.52 Å². The maximum absolute atomic E-state index is 10.0. The van der Waals surface area contributed by atoms with E-state index < -0.39 is 0 Å². The van der Waals surface area contributed by atoms with E-state index in [4.69, 9.17) is 11.3 Å². The van der Waals surface area contributed by atoms with Crippen molar-refractivity contribution in [1.82, 2.24) is 0 Å². The van der Waals surface area contributed by atoms with E-state index in [1.165, 1.54) is 0 Å². The van der Waals surface area contributed by atoms with Gasteiger partial charge in [0.15, 0.2) is 0 Å². The molecule has 2 radical (unpaired) electrons. The molecule has 1 heterocycles. The van der Waals surface area contributed by atoms with E-state index in [0.29, 0.717) is 12.1 Å². The summed E-state index contributed by atoms with van der Waals surface area (Å²) >= 11 is 0. The van der Waals surface area contributed by atoms with E-state index in [1.54, 1.807) is 10.6 Å². The first kappa shape index (κ1) is 8.74. The van der Waals surface area contributed by atoms with Crippen molar-refractivity contribution >= 4 is 17.6 Å². The standard InChI is InChI=1S/C10H8NO3/c1-8-11(6-13-7-12)9-4-2-3-5-10(9)14-8/h1-5,7H,6H2/q+1. The molecule has 0 amide bonds. The summed E-state index contributed by atoms with van der Waals surface area (Å²) < 4.78 is 11.4. The van der Waals surface area contributed by atoms with Crippen LogP contribution in [0.15, 0.2) is 28.7 Å². The van der Waals surface area contributed by atoms with Crippen LogP contribution in [0.1, 0.15) is 5.89 Å². The second kappa shape index (κ2) is 3.49. The third-order valence-electron chi connectivity index (χ3n) is 1.91. The summed E-state index contributed by atoms with van der Waals surface area (Å²) in [6.45, 7) is 6.03. The zero-order valence-corrected chi connectivity index (χ0v) is 7.34. The quantitative estimate of drug-likeness (QED) is 0.533. The van der Waals surface area contributed by atoms with Crippen molar-refractivity contribution in [3.8, 4) is 0 Å². The number of aromatic nitrogens is 1. The van der Waals surface area contributed by atoms with Crippen LogP contribution < -0.4 is 4.57 Å². The minimum absolute atomic E-state index is 0.0619. The summed E-state index contributed by atoms with van der Waals surface area (Å²) in [5, 5.41) is 0. The van der Waals surface area contributed by atoms with Crippen LogP contribution in [-0.2, 0) is 16.3 Å². The molecule has 0 N–H and O–H groups in total. The Balaban J connectivity index is 2.50. The molecule has 4 heteroatoms. The molecule has 0 saturated carbocycles. The van der Waals surface area contributed by atoms with Crippen LogP contribution in [0.2, 0.25) is 0 Å². The molecule has 0 spiro atoms. The molecule has 2 rings (SSSR count). The first-order valence-electron chi connectivity index (χ1n) is 4.05. The summed E-state index contributed by atoms with van der Waals surface area (Å²) in [5.41, 5.74) is 1.46. The van der Waals surface area contributed by atoms with Gasteiger partial charge in [0.1, 0.15) is 6.92 Å². The Kier molecular flexibility index (Phi) is 2.18. The molecule has 0 aliphatic rings. The van der Waals surface area contributed by atoms with Crippen LogP contribution in [-0.4, -0.2) is 6.47 Å². The highest BCUT2D eigenvalue weighted by Crippen LogP contribution is 2.11. The van der Waals surface area contributed by atoms with E-state index in [9.17, 15) is 4.79 Å². The van der Waals surface area contributed by atoms with Gasteiger partial charge in [-0.1, -0.05) is 12.1 Å². The van der Waals surface area contributed by atoms with E-state index >= 15 is 0 Å². The Morgan fingerprint density at radius 3 is 3.07 bits per heavy atom. The van der Waals surface area contributed by atoms with Gasteiger partial charge in [0, 0.05) is 6.07 Å². The zero-order chi connectivity index (χ0) is 9.97. The average molecular weight is 190 g/mol. The fourth-order valence-corrected chi connectivity index (χ4v) is 1.29. The third kappa shape index (κ3) is 1.35. The smallest absolute Gasteiger partial charge is 0.356 e. The van der Waals surface area contributed by atoms with Gasteiger partial charge in [0.05, 0.1) is 0 Å². The number of benzene rings is 1. The van der Waals surface area contributed by atoms with Gasteiger partial charge in [-0.2, -0.15) is 0 Å². The lowest BCUT2D eigenvalue weighted by Gasteiger charge is -1.91. The number of oxazole rings is 1. The third-order valence-corrected chi connectivity index (χ3v) is 1.91. The number of hydrogen-bond donors (Lipinski definition) is 0. The predicted molar refractivity (Wildman–Crippen MR) is 47.0 cm³/mol. The second-order valence-electron chi connectivity index (χ2n) is 2.73. The lowest BCUT2D eigenvalue weighted by Crippen LogP contribution is -2.36. The summed E-state index contributed by atoms with van der Waals surface area (Å²) in [6, 6.07) is 7.33. The predicted octanol–water partition coefficient (Wildman–Crippen LogP) is 0.910. The van der Waals surface area contributed by atoms with Gasteiger partial charge in [-0.3, -0.25) is 4.79 Å². The molecule has 1 aromatic carbocycles. The molecule has 0 aliphatic heterocycles. The number of hydrogen-bond acceptors (Lipinski definition) is 3. The molecule has 0 fully saturated rings. The molecule has 0 unspecified atom stereocenters. The van der Waals surface area contributed by atoms with Crippen molar-refractivity contribution in [2.75, 3.05) is 0 Å². The fraction of sp³-hybridized carbons (Fsp3) is 0.100. The van der Waals surface area contributed by atoms with E-state index in [2.05, 4.69) is 4.74 Å². The Morgan fingerprint density at radius 2 is 2.29 bits per heavy atom. The van der Waals surface area contributed by atoms with Crippen LogP contribution in [0.3, 0.4) is 0 Å².